The first-order valence-corrected chi connectivity index (χ1v) is 6.87. The van der Waals surface area contributed by atoms with E-state index in [0.717, 1.165) is 13.1 Å². The molecule has 1 unspecified atom stereocenters. The van der Waals surface area contributed by atoms with E-state index < -0.39 is 23.8 Å². The minimum atomic E-state index is -0.647. The van der Waals surface area contributed by atoms with Gasteiger partial charge in [-0.15, -0.1) is 5.10 Å². The van der Waals surface area contributed by atoms with Crippen molar-refractivity contribution in [2.24, 2.45) is 0 Å². The van der Waals surface area contributed by atoms with Crippen molar-refractivity contribution in [2.45, 2.75) is 25.4 Å². The fraction of sp³-hybridized carbons (Fsp3) is 0.583. The van der Waals surface area contributed by atoms with Gasteiger partial charge in [-0.1, -0.05) is 12.1 Å². The second kappa shape index (κ2) is 5.24. The summed E-state index contributed by atoms with van der Waals surface area (Å²) < 4.78 is 1.64. The van der Waals surface area contributed by atoms with E-state index in [1.807, 2.05) is 0 Å². The average molecular weight is 292 g/mol. The molecular weight excluding hydrogens is 276 g/mol. The van der Waals surface area contributed by atoms with Gasteiger partial charge in [0.2, 0.25) is 11.8 Å². The number of carbonyl (C=O) groups excluding carboxylic acids is 3. The molecule has 1 atom stereocenters. The van der Waals surface area contributed by atoms with Crippen LogP contribution >= 0.6 is 0 Å². The SMILES string of the molecule is CCC1C(=O)NC(=O)CN1C(=O)c1cn(C2CNC2)nn1. The van der Waals surface area contributed by atoms with Crippen molar-refractivity contribution in [1.82, 2.24) is 30.5 Å². The van der Waals surface area contributed by atoms with Gasteiger partial charge in [0.25, 0.3) is 5.91 Å². The monoisotopic (exact) mass is 292 g/mol. The summed E-state index contributed by atoms with van der Waals surface area (Å²) in [6.45, 7) is 3.23. The molecule has 2 N–H and O–H groups in total. The summed E-state index contributed by atoms with van der Waals surface area (Å²) in [5.41, 5.74) is 0.155. The van der Waals surface area contributed by atoms with Crippen LogP contribution in [0.5, 0.6) is 0 Å². The zero-order chi connectivity index (χ0) is 15.0. The Hall–Kier alpha value is -2.29. The molecule has 3 rings (SSSR count). The predicted molar refractivity (Wildman–Crippen MR) is 70.2 cm³/mol. The van der Waals surface area contributed by atoms with Crippen LogP contribution in [0.4, 0.5) is 0 Å². The first-order chi connectivity index (χ1) is 10.1. The number of aromatic nitrogens is 3. The Kier molecular flexibility index (Phi) is 3.42. The number of nitrogens with one attached hydrogen (secondary N) is 2. The molecule has 1 aromatic heterocycles. The van der Waals surface area contributed by atoms with Crippen molar-refractivity contribution in [3.8, 4) is 0 Å². The van der Waals surface area contributed by atoms with E-state index in [0.29, 0.717) is 6.42 Å². The van der Waals surface area contributed by atoms with Crippen molar-refractivity contribution < 1.29 is 14.4 Å². The highest BCUT2D eigenvalue weighted by Crippen LogP contribution is 2.15. The molecule has 0 aliphatic carbocycles. The van der Waals surface area contributed by atoms with Crippen LogP contribution in [0.15, 0.2) is 6.20 Å². The average Bonchev–Trinajstić information content (AvgIpc) is 2.84. The summed E-state index contributed by atoms with van der Waals surface area (Å²) in [4.78, 5) is 37.0. The predicted octanol–water partition coefficient (Wildman–Crippen LogP) is -1.70. The molecule has 2 fully saturated rings. The van der Waals surface area contributed by atoms with Crippen molar-refractivity contribution in [3.63, 3.8) is 0 Å². The van der Waals surface area contributed by atoms with Crippen molar-refractivity contribution in [2.75, 3.05) is 19.6 Å². The lowest BCUT2D eigenvalue weighted by molar-refractivity contribution is -0.138. The lowest BCUT2D eigenvalue weighted by Crippen LogP contribution is -2.59. The Balaban J connectivity index is 1.80. The maximum atomic E-state index is 12.5. The van der Waals surface area contributed by atoms with Crippen LogP contribution in [-0.2, 0) is 9.59 Å². The highest BCUT2D eigenvalue weighted by atomic mass is 16.2. The van der Waals surface area contributed by atoms with Gasteiger partial charge in [0, 0.05) is 13.1 Å². The Labute approximate surface area is 120 Å². The quantitative estimate of drug-likeness (QED) is 0.643. The number of carbonyl (C=O) groups is 3. The van der Waals surface area contributed by atoms with Crippen LogP contribution in [0.2, 0.25) is 0 Å². The van der Waals surface area contributed by atoms with Crippen LogP contribution in [0.3, 0.4) is 0 Å². The highest BCUT2D eigenvalue weighted by Gasteiger charge is 2.37. The second-order valence-electron chi connectivity index (χ2n) is 5.17. The summed E-state index contributed by atoms with van der Waals surface area (Å²) in [7, 11) is 0. The largest absolute Gasteiger partial charge is 0.316 e. The highest BCUT2D eigenvalue weighted by molar-refractivity contribution is 6.06. The van der Waals surface area contributed by atoms with Gasteiger partial charge in [-0.2, -0.15) is 0 Å². The van der Waals surface area contributed by atoms with Gasteiger partial charge >= 0.3 is 0 Å². The minimum absolute atomic E-state index is 0.138. The molecule has 2 saturated heterocycles. The molecule has 21 heavy (non-hydrogen) atoms. The number of hydrogen-bond donors (Lipinski definition) is 2. The Morgan fingerprint density at radius 2 is 2.19 bits per heavy atom. The van der Waals surface area contributed by atoms with Gasteiger partial charge in [0.05, 0.1) is 12.2 Å². The van der Waals surface area contributed by atoms with E-state index in [1.165, 1.54) is 4.90 Å². The van der Waals surface area contributed by atoms with Gasteiger partial charge in [-0.3, -0.25) is 19.7 Å². The van der Waals surface area contributed by atoms with Crippen molar-refractivity contribution >= 4 is 17.7 Å². The Morgan fingerprint density at radius 1 is 1.43 bits per heavy atom. The Morgan fingerprint density at radius 3 is 2.81 bits per heavy atom. The molecule has 112 valence electrons. The van der Waals surface area contributed by atoms with Gasteiger partial charge in [-0.25, -0.2) is 4.68 Å². The maximum Gasteiger partial charge on any atom is 0.277 e. The fourth-order valence-electron chi connectivity index (χ4n) is 2.45. The number of piperazine rings is 1. The number of nitrogens with zero attached hydrogens (tertiary/aromatic N) is 4. The van der Waals surface area contributed by atoms with Gasteiger partial charge in [0.1, 0.15) is 12.6 Å². The molecule has 0 aromatic carbocycles. The van der Waals surface area contributed by atoms with Gasteiger partial charge < -0.3 is 10.2 Å². The molecule has 1 aromatic rings. The second-order valence-corrected chi connectivity index (χ2v) is 5.17. The van der Waals surface area contributed by atoms with Crippen molar-refractivity contribution in [1.29, 1.82) is 0 Å². The first-order valence-electron chi connectivity index (χ1n) is 6.87. The third-order valence-corrected chi connectivity index (χ3v) is 3.77. The molecule has 0 saturated carbocycles. The minimum Gasteiger partial charge on any atom is -0.316 e. The van der Waals surface area contributed by atoms with E-state index >= 15 is 0 Å². The van der Waals surface area contributed by atoms with Gasteiger partial charge in [-0.05, 0) is 6.42 Å². The summed E-state index contributed by atoms with van der Waals surface area (Å²) >= 11 is 0. The summed E-state index contributed by atoms with van der Waals surface area (Å²) in [6, 6.07) is -0.446. The molecule has 3 amide bonds. The van der Waals surface area contributed by atoms with Crippen molar-refractivity contribution in [3.05, 3.63) is 11.9 Å². The van der Waals surface area contributed by atoms with Gasteiger partial charge in [0.15, 0.2) is 5.69 Å². The molecule has 0 radical (unpaired) electrons. The zero-order valence-electron chi connectivity index (χ0n) is 11.6. The summed E-state index contributed by atoms with van der Waals surface area (Å²) in [6.07, 6.45) is 2.00. The smallest absolute Gasteiger partial charge is 0.277 e. The number of rotatable bonds is 3. The molecular formula is C12H16N6O3. The van der Waals surface area contributed by atoms with Crippen LogP contribution in [0.25, 0.3) is 0 Å². The summed E-state index contributed by atoms with van der Waals surface area (Å²) in [5.74, 6) is -1.37. The zero-order valence-corrected chi connectivity index (χ0v) is 11.6. The summed E-state index contributed by atoms with van der Waals surface area (Å²) in [5, 5.41) is 13.1. The number of imide groups is 1. The van der Waals surface area contributed by atoms with E-state index in [9.17, 15) is 14.4 Å². The lowest BCUT2D eigenvalue weighted by atomic mass is 10.1. The molecule has 2 aliphatic rings. The van der Waals surface area contributed by atoms with Crippen LogP contribution < -0.4 is 10.6 Å². The molecule has 2 aliphatic heterocycles. The van der Waals surface area contributed by atoms with Crippen LogP contribution in [-0.4, -0.2) is 63.3 Å². The fourth-order valence-corrected chi connectivity index (χ4v) is 2.45. The van der Waals surface area contributed by atoms with E-state index in [2.05, 4.69) is 20.9 Å². The number of hydrogen-bond acceptors (Lipinski definition) is 6. The first kappa shape index (κ1) is 13.7. The van der Waals surface area contributed by atoms with E-state index in [4.69, 9.17) is 0 Å². The molecule has 9 nitrogen and oxygen atoms in total. The Bertz CT molecular complexity index is 594. The third-order valence-electron chi connectivity index (χ3n) is 3.77. The van der Waals surface area contributed by atoms with Crippen LogP contribution in [0, 0.1) is 0 Å². The lowest BCUT2D eigenvalue weighted by Gasteiger charge is -2.32. The molecule has 3 heterocycles. The third kappa shape index (κ3) is 2.40. The van der Waals surface area contributed by atoms with Crippen LogP contribution in [0.1, 0.15) is 29.9 Å². The van der Waals surface area contributed by atoms with E-state index in [1.54, 1.807) is 17.8 Å². The molecule has 9 heteroatoms. The normalized spacial score (nSPS) is 22.9. The topological polar surface area (TPSA) is 109 Å². The van der Waals surface area contributed by atoms with E-state index in [-0.39, 0.29) is 18.3 Å². The molecule has 0 bridgehead atoms. The maximum absolute atomic E-state index is 12.5. The molecule has 0 spiro atoms. The number of amides is 3. The standard InChI is InChI=1S/C12H16N6O3/c1-2-9-11(20)14-10(19)6-17(9)12(21)8-5-18(16-15-8)7-3-13-4-7/h5,7,9,13H,2-4,6H2,1H3,(H,14,19,20).